The van der Waals surface area contributed by atoms with Gasteiger partial charge in [-0.2, -0.15) is 0 Å². The molecule has 2 heterocycles. The minimum absolute atomic E-state index is 0.344. The highest BCUT2D eigenvalue weighted by molar-refractivity contribution is 6.42. The lowest BCUT2D eigenvalue weighted by atomic mass is 10.2. The lowest BCUT2D eigenvalue weighted by Gasteiger charge is -2.13. The van der Waals surface area contributed by atoms with Crippen molar-refractivity contribution in [3.8, 4) is 11.4 Å². The molecule has 0 unspecified atom stereocenters. The van der Waals surface area contributed by atoms with Gasteiger partial charge in [0.1, 0.15) is 11.0 Å². The highest BCUT2D eigenvalue weighted by Gasteiger charge is 2.19. The molecule has 0 spiro atoms. The van der Waals surface area contributed by atoms with E-state index in [1.54, 1.807) is 42.6 Å². The van der Waals surface area contributed by atoms with E-state index in [9.17, 15) is 0 Å². The molecule has 0 N–H and O–H groups in total. The fraction of sp³-hybridized carbons (Fsp3) is 0.0526. The SMILES string of the molecule is Clc1cc2nc(-c3cccnc3Cl)n(Cc3c(Cl)cccc3Cl)c2cc1Cl. The molecule has 8 heteroatoms. The van der Waals surface area contributed by atoms with Crippen LogP contribution in [-0.4, -0.2) is 14.5 Å². The van der Waals surface area contributed by atoms with Gasteiger partial charge in [0.25, 0.3) is 0 Å². The fourth-order valence-electron chi connectivity index (χ4n) is 2.88. The van der Waals surface area contributed by atoms with Gasteiger partial charge in [0.15, 0.2) is 0 Å². The second-order valence-electron chi connectivity index (χ2n) is 5.82. The first-order valence-corrected chi connectivity index (χ1v) is 9.73. The Morgan fingerprint density at radius 3 is 2.22 bits per heavy atom. The number of imidazole rings is 1. The number of halogens is 5. The molecule has 3 nitrogen and oxygen atoms in total. The number of fused-ring (bicyclic) bond motifs is 1. The van der Waals surface area contributed by atoms with E-state index in [0.717, 1.165) is 11.1 Å². The Balaban J connectivity index is 2.00. The maximum atomic E-state index is 6.38. The second-order valence-corrected chi connectivity index (χ2v) is 7.81. The molecule has 0 fully saturated rings. The summed E-state index contributed by atoms with van der Waals surface area (Å²) >= 11 is 31.5. The summed E-state index contributed by atoms with van der Waals surface area (Å²) in [5.41, 5.74) is 2.93. The maximum Gasteiger partial charge on any atom is 0.144 e. The molecule has 2 aromatic carbocycles. The third-order valence-corrected chi connectivity index (χ3v) is 5.90. The fourth-order valence-corrected chi connectivity index (χ4v) is 3.92. The number of hydrogen-bond acceptors (Lipinski definition) is 2. The standard InChI is InChI=1S/C19H10Cl5N3/c20-12-4-1-5-13(21)11(12)9-27-17-8-15(23)14(22)7-16(17)26-19(27)10-3-2-6-25-18(10)24/h1-8H,9H2. The van der Waals surface area contributed by atoms with Crippen LogP contribution in [0.3, 0.4) is 0 Å². The zero-order valence-electron chi connectivity index (χ0n) is 13.6. The molecule has 0 aliphatic carbocycles. The molecule has 2 aromatic heterocycles. The van der Waals surface area contributed by atoms with Crippen molar-refractivity contribution >= 4 is 69.0 Å². The van der Waals surface area contributed by atoms with Crippen molar-refractivity contribution in [1.82, 2.24) is 14.5 Å². The van der Waals surface area contributed by atoms with Crippen LogP contribution < -0.4 is 0 Å². The van der Waals surface area contributed by atoms with E-state index in [1.807, 2.05) is 10.6 Å². The van der Waals surface area contributed by atoms with Gasteiger partial charge in [-0.25, -0.2) is 9.97 Å². The summed E-state index contributed by atoms with van der Waals surface area (Å²) < 4.78 is 1.95. The molecule has 27 heavy (non-hydrogen) atoms. The lowest BCUT2D eigenvalue weighted by molar-refractivity contribution is 0.834. The Labute approximate surface area is 180 Å². The van der Waals surface area contributed by atoms with E-state index in [4.69, 9.17) is 63.0 Å². The Morgan fingerprint density at radius 2 is 1.52 bits per heavy atom. The quantitative estimate of drug-likeness (QED) is 0.300. The zero-order chi connectivity index (χ0) is 19.1. The van der Waals surface area contributed by atoms with Gasteiger partial charge in [-0.05, 0) is 36.4 Å². The highest BCUT2D eigenvalue weighted by atomic mass is 35.5. The molecule has 4 aromatic rings. The van der Waals surface area contributed by atoms with Crippen molar-refractivity contribution in [2.45, 2.75) is 6.54 Å². The molecule has 136 valence electrons. The van der Waals surface area contributed by atoms with Crippen molar-refractivity contribution in [2.75, 3.05) is 0 Å². The predicted molar refractivity (Wildman–Crippen MR) is 114 cm³/mol. The average molecular weight is 458 g/mol. The van der Waals surface area contributed by atoms with E-state index in [-0.39, 0.29) is 0 Å². The zero-order valence-corrected chi connectivity index (χ0v) is 17.3. The number of hydrogen-bond donors (Lipinski definition) is 0. The summed E-state index contributed by atoms with van der Waals surface area (Å²) in [6, 6.07) is 12.5. The lowest BCUT2D eigenvalue weighted by Crippen LogP contribution is -2.04. The van der Waals surface area contributed by atoms with Crippen molar-refractivity contribution in [2.24, 2.45) is 0 Å². The summed E-state index contributed by atoms with van der Waals surface area (Å²) in [4.78, 5) is 8.86. The summed E-state index contributed by atoms with van der Waals surface area (Å²) in [5, 5.41) is 2.32. The minimum atomic E-state index is 0.344. The molecule has 0 atom stereocenters. The van der Waals surface area contributed by atoms with Crippen LogP contribution in [0.2, 0.25) is 25.2 Å². The van der Waals surface area contributed by atoms with E-state index in [2.05, 4.69) is 4.98 Å². The van der Waals surface area contributed by atoms with Crippen LogP contribution in [0.25, 0.3) is 22.4 Å². The third kappa shape index (κ3) is 3.51. The number of rotatable bonds is 3. The van der Waals surface area contributed by atoms with Gasteiger partial charge < -0.3 is 4.57 Å². The minimum Gasteiger partial charge on any atom is -0.319 e. The first-order chi connectivity index (χ1) is 13.0. The maximum absolute atomic E-state index is 6.38. The summed E-state index contributed by atoms with van der Waals surface area (Å²) in [6.07, 6.45) is 1.62. The summed E-state index contributed by atoms with van der Waals surface area (Å²) in [5.74, 6) is 0.623. The number of nitrogens with zero attached hydrogens (tertiary/aromatic N) is 3. The monoisotopic (exact) mass is 455 g/mol. The van der Waals surface area contributed by atoms with Gasteiger partial charge in [-0.15, -0.1) is 0 Å². The van der Waals surface area contributed by atoms with Gasteiger partial charge in [0.2, 0.25) is 0 Å². The third-order valence-electron chi connectivity index (χ3n) is 4.17. The number of aromatic nitrogens is 3. The molecular formula is C19H10Cl5N3. The average Bonchev–Trinajstić information content (AvgIpc) is 2.96. The van der Waals surface area contributed by atoms with Crippen LogP contribution in [0.15, 0.2) is 48.7 Å². The van der Waals surface area contributed by atoms with Crippen molar-refractivity contribution in [3.63, 3.8) is 0 Å². The molecule has 0 radical (unpaired) electrons. The van der Waals surface area contributed by atoms with Gasteiger partial charge in [-0.3, -0.25) is 0 Å². The van der Waals surface area contributed by atoms with Crippen LogP contribution in [0.1, 0.15) is 5.56 Å². The van der Waals surface area contributed by atoms with E-state index >= 15 is 0 Å². The first-order valence-electron chi connectivity index (χ1n) is 7.84. The van der Waals surface area contributed by atoms with Crippen LogP contribution in [0.5, 0.6) is 0 Å². The van der Waals surface area contributed by atoms with E-state index in [1.165, 1.54) is 0 Å². The molecule has 0 saturated heterocycles. The molecule has 0 saturated carbocycles. The molecule has 4 rings (SSSR count). The van der Waals surface area contributed by atoms with E-state index < -0.39 is 0 Å². The Hall–Kier alpha value is -1.49. The van der Waals surface area contributed by atoms with Crippen LogP contribution in [0, 0.1) is 0 Å². The van der Waals surface area contributed by atoms with Gasteiger partial charge in [0, 0.05) is 21.8 Å². The highest BCUT2D eigenvalue weighted by Crippen LogP contribution is 2.35. The van der Waals surface area contributed by atoms with Gasteiger partial charge >= 0.3 is 0 Å². The number of benzene rings is 2. The van der Waals surface area contributed by atoms with Crippen LogP contribution >= 0.6 is 58.0 Å². The Kier molecular flexibility index (Phi) is 5.23. The van der Waals surface area contributed by atoms with Crippen LogP contribution in [-0.2, 0) is 6.54 Å². The Morgan fingerprint density at radius 1 is 0.815 bits per heavy atom. The predicted octanol–water partition coefficient (Wildman–Crippen LogP) is 7.41. The van der Waals surface area contributed by atoms with Crippen molar-refractivity contribution < 1.29 is 0 Å². The largest absolute Gasteiger partial charge is 0.319 e. The molecule has 0 bridgehead atoms. The summed E-state index contributed by atoms with van der Waals surface area (Å²) in [6.45, 7) is 0.382. The molecular weight excluding hydrogens is 447 g/mol. The summed E-state index contributed by atoms with van der Waals surface area (Å²) in [7, 11) is 0. The van der Waals surface area contributed by atoms with Crippen molar-refractivity contribution in [3.05, 3.63) is 79.5 Å². The van der Waals surface area contributed by atoms with Gasteiger partial charge in [0.05, 0.1) is 33.2 Å². The van der Waals surface area contributed by atoms with Crippen LogP contribution in [0.4, 0.5) is 0 Å². The topological polar surface area (TPSA) is 30.7 Å². The van der Waals surface area contributed by atoms with Gasteiger partial charge in [-0.1, -0.05) is 64.1 Å². The first kappa shape index (κ1) is 18.9. The Bertz CT molecular complexity index is 1150. The molecule has 0 aliphatic heterocycles. The normalized spacial score (nSPS) is 11.3. The van der Waals surface area contributed by atoms with E-state index in [0.29, 0.717) is 48.7 Å². The second kappa shape index (κ2) is 7.50. The molecule has 0 amide bonds. The van der Waals surface area contributed by atoms with Crippen molar-refractivity contribution in [1.29, 1.82) is 0 Å². The number of pyridine rings is 1. The smallest absolute Gasteiger partial charge is 0.144 e. The molecule has 0 aliphatic rings.